The van der Waals surface area contributed by atoms with Crippen LogP contribution >= 0.6 is 23.2 Å². The Hall–Kier alpha value is -1.58. The van der Waals surface area contributed by atoms with Crippen molar-refractivity contribution in [3.05, 3.63) is 56.4 Å². The fraction of sp³-hybridized carbons (Fsp3) is 0. The monoisotopic (exact) mass is 267 g/mol. The minimum atomic E-state index is -0.339. The fourth-order valence-corrected chi connectivity index (χ4v) is 1.93. The van der Waals surface area contributed by atoms with Crippen molar-refractivity contribution in [3.8, 4) is 11.1 Å². The maximum atomic E-state index is 11.1. The lowest BCUT2D eigenvalue weighted by Crippen LogP contribution is -2.06. The molecule has 1 aromatic heterocycles. The second-order valence-electron chi connectivity index (χ2n) is 3.39. The van der Waals surface area contributed by atoms with Crippen molar-refractivity contribution in [1.29, 1.82) is 0 Å². The predicted molar refractivity (Wildman–Crippen MR) is 67.9 cm³/mol. The number of nitrogens with one attached hydrogen (secondary N) is 1. The number of pyridine rings is 1. The highest BCUT2D eigenvalue weighted by Crippen LogP contribution is 2.33. The molecule has 2 aromatic rings. The van der Waals surface area contributed by atoms with Crippen LogP contribution in [0.25, 0.3) is 11.1 Å². The van der Waals surface area contributed by atoms with Gasteiger partial charge in [-0.15, -0.1) is 0 Å². The van der Waals surface area contributed by atoms with Gasteiger partial charge in [-0.2, -0.15) is 0 Å². The molecule has 0 aliphatic heterocycles. The Bertz CT molecular complexity index is 635. The molecule has 0 aliphatic carbocycles. The van der Waals surface area contributed by atoms with Crippen LogP contribution in [0.15, 0.2) is 35.3 Å². The first-order valence-electron chi connectivity index (χ1n) is 4.76. The third-order valence-electron chi connectivity index (χ3n) is 2.33. The Labute approximate surface area is 107 Å². The number of hydrogen-bond acceptors (Lipinski definition) is 2. The summed E-state index contributed by atoms with van der Waals surface area (Å²) in [7, 11) is 0. The van der Waals surface area contributed by atoms with Gasteiger partial charge in [0.1, 0.15) is 0 Å². The highest BCUT2D eigenvalue weighted by Gasteiger charge is 2.11. The van der Waals surface area contributed by atoms with Crippen molar-refractivity contribution in [2.75, 3.05) is 0 Å². The number of aldehydes is 1. The molecule has 0 aliphatic rings. The summed E-state index contributed by atoms with van der Waals surface area (Å²) in [5.41, 5.74) is 1.09. The molecule has 17 heavy (non-hydrogen) atoms. The van der Waals surface area contributed by atoms with Gasteiger partial charge in [-0.1, -0.05) is 35.3 Å². The lowest BCUT2D eigenvalue weighted by molar-refractivity contribution is 0.112. The van der Waals surface area contributed by atoms with Crippen LogP contribution in [0, 0.1) is 0 Å². The van der Waals surface area contributed by atoms with Crippen molar-refractivity contribution < 1.29 is 4.79 Å². The van der Waals surface area contributed by atoms with Crippen molar-refractivity contribution >= 4 is 29.5 Å². The Morgan fingerprint density at radius 3 is 2.65 bits per heavy atom. The van der Waals surface area contributed by atoms with Crippen LogP contribution in [0.4, 0.5) is 0 Å². The van der Waals surface area contributed by atoms with E-state index in [-0.39, 0.29) is 11.1 Å². The quantitative estimate of drug-likeness (QED) is 0.850. The number of carbonyl (C=O) groups excluding carboxylic acids is 1. The molecule has 0 amide bonds. The summed E-state index contributed by atoms with van der Waals surface area (Å²) in [6.45, 7) is 0. The summed E-state index contributed by atoms with van der Waals surface area (Å²) in [5, 5.41) is 0.747. The van der Waals surface area contributed by atoms with Crippen LogP contribution in [0.3, 0.4) is 0 Å². The van der Waals surface area contributed by atoms with Crippen LogP contribution < -0.4 is 5.56 Å². The molecule has 2 rings (SSSR count). The van der Waals surface area contributed by atoms with Gasteiger partial charge in [-0.3, -0.25) is 9.59 Å². The summed E-state index contributed by atoms with van der Waals surface area (Å²) in [6.07, 6.45) is 2.06. The first kappa shape index (κ1) is 11.9. The lowest BCUT2D eigenvalue weighted by Gasteiger charge is -2.07. The molecule has 0 spiro atoms. The fourth-order valence-electron chi connectivity index (χ4n) is 1.53. The van der Waals surface area contributed by atoms with E-state index < -0.39 is 0 Å². The van der Waals surface area contributed by atoms with E-state index in [2.05, 4.69) is 4.98 Å². The van der Waals surface area contributed by atoms with Gasteiger partial charge in [0, 0.05) is 29.0 Å². The minimum Gasteiger partial charge on any atom is -0.328 e. The van der Waals surface area contributed by atoms with E-state index in [0.717, 1.165) is 0 Å². The number of aromatic nitrogens is 1. The van der Waals surface area contributed by atoms with Crippen LogP contribution in [-0.4, -0.2) is 11.3 Å². The van der Waals surface area contributed by atoms with E-state index in [0.29, 0.717) is 27.5 Å². The van der Waals surface area contributed by atoms with Gasteiger partial charge in [-0.05, 0) is 6.07 Å². The maximum Gasteiger partial charge on any atom is 0.248 e. The van der Waals surface area contributed by atoms with Gasteiger partial charge in [-0.25, -0.2) is 0 Å². The zero-order valence-electron chi connectivity index (χ0n) is 8.54. The molecule has 86 valence electrons. The third-order valence-corrected chi connectivity index (χ3v) is 3.14. The number of rotatable bonds is 2. The van der Waals surface area contributed by atoms with E-state index in [9.17, 15) is 9.59 Å². The van der Waals surface area contributed by atoms with E-state index in [1.54, 1.807) is 18.2 Å². The SMILES string of the molecule is O=Cc1cc(=O)[nH]cc1-c1cccc(Cl)c1Cl. The highest BCUT2D eigenvalue weighted by atomic mass is 35.5. The number of hydrogen-bond donors (Lipinski definition) is 1. The average Bonchev–Trinajstić information content (AvgIpc) is 2.33. The van der Waals surface area contributed by atoms with E-state index in [4.69, 9.17) is 23.2 Å². The molecule has 5 heteroatoms. The van der Waals surface area contributed by atoms with Crippen molar-refractivity contribution in [1.82, 2.24) is 4.98 Å². The molecule has 1 N–H and O–H groups in total. The molecule has 0 unspecified atom stereocenters. The molecule has 1 heterocycles. The number of H-pyrrole nitrogens is 1. The smallest absolute Gasteiger partial charge is 0.248 e. The molecule has 0 radical (unpaired) electrons. The molecule has 1 aromatic carbocycles. The average molecular weight is 268 g/mol. The molecular weight excluding hydrogens is 261 g/mol. The first-order valence-corrected chi connectivity index (χ1v) is 5.51. The number of benzene rings is 1. The van der Waals surface area contributed by atoms with Gasteiger partial charge < -0.3 is 4.98 Å². The Kier molecular flexibility index (Phi) is 3.31. The molecular formula is C12H7Cl2NO2. The normalized spacial score (nSPS) is 10.2. The zero-order chi connectivity index (χ0) is 12.4. The summed E-state index contributed by atoms with van der Waals surface area (Å²) in [6, 6.07) is 6.33. The highest BCUT2D eigenvalue weighted by molar-refractivity contribution is 6.43. The van der Waals surface area contributed by atoms with Gasteiger partial charge >= 0.3 is 0 Å². The van der Waals surface area contributed by atoms with Crippen LogP contribution in [0.1, 0.15) is 10.4 Å². The zero-order valence-corrected chi connectivity index (χ0v) is 10.0. The number of aromatic amines is 1. The van der Waals surface area contributed by atoms with Gasteiger partial charge in [0.05, 0.1) is 10.0 Å². The van der Waals surface area contributed by atoms with Crippen LogP contribution in [0.2, 0.25) is 10.0 Å². The first-order chi connectivity index (χ1) is 8.13. The van der Waals surface area contributed by atoms with Crippen molar-refractivity contribution in [2.45, 2.75) is 0 Å². The van der Waals surface area contributed by atoms with Gasteiger partial charge in [0.2, 0.25) is 5.56 Å². The largest absolute Gasteiger partial charge is 0.328 e. The Balaban J connectivity index is 2.72. The van der Waals surface area contributed by atoms with Crippen molar-refractivity contribution in [3.63, 3.8) is 0 Å². The maximum absolute atomic E-state index is 11.1. The van der Waals surface area contributed by atoms with E-state index in [1.807, 2.05) is 0 Å². The second-order valence-corrected chi connectivity index (χ2v) is 4.17. The molecule has 0 fully saturated rings. The Morgan fingerprint density at radius 2 is 1.94 bits per heavy atom. The summed E-state index contributed by atoms with van der Waals surface area (Å²) < 4.78 is 0. The van der Waals surface area contributed by atoms with Gasteiger partial charge in [0.25, 0.3) is 0 Å². The Morgan fingerprint density at radius 1 is 1.18 bits per heavy atom. The summed E-state index contributed by atoms with van der Waals surface area (Å²) >= 11 is 12.0. The molecule has 0 saturated heterocycles. The topological polar surface area (TPSA) is 49.9 Å². The van der Waals surface area contributed by atoms with E-state index in [1.165, 1.54) is 12.3 Å². The van der Waals surface area contributed by atoms with E-state index >= 15 is 0 Å². The molecule has 0 atom stereocenters. The van der Waals surface area contributed by atoms with Gasteiger partial charge in [0.15, 0.2) is 6.29 Å². The standard InChI is InChI=1S/C12H7Cl2NO2/c13-10-3-1-2-8(12(10)14)9-5-15-11(17)4-7(9)6-16/h1-6H,(H,15,17). The summed E-state index contributed by atoms with van der Waals surface area (Å²) in [5.74, 6) is 0. The molecule has 3 nitrogen and oxygen atoms in total. The lowest BCUT2D eigenvalue weighted by atomic mass is 10.0. The van der Waals surface area contributed by atoms with Crippen molar-refractivity contribution in [2.24, 2.45) is 0 Å². The van der Waals surface area contributed by atoms with Crippen LogP contribution in [0.5, 0.6) is 0 Å². The predicted octanol–water partition coefficient (Wildman–Crippen LogP) is 3.16. The minimum absolute atomic E-state index is 0.276. The number of carbonyl (C=O) groups is 1. The summed E-state index contributed by atoms with van der Waals surface area (Å²) in [4.78, 5) is 24.5. The molecule has 0 bridgehead atoms. The number of halogens is 2. The molecule has 0 saturated carbocycles. The second kappa shape index (κ2) is 4.73. The van der Waals surface area contributed by atoms with Crippen LogP contribution in [-0.2, 0) is 0 Å². The third kappa shape index (κ3) is 2.25.